The Hall–Kier alpha value is -1.29. The maximum absolute atomic E-state index is 11.2. The molecule has 1 aliphatic heterocycles. The number of rotatable bonds is 1. The summed E-state index contributed by atoms with van der Waals surface area (Å²) < 4.78 is 0. The average Bonchev–Trinajstić information content (AvgIpc) is 2.17. The Morgan fingerprint density at radius 3 is 3.07 bits per heavy atom. The third kappa shape index (κ3) is 1.42. The molecule has 1 unspecified atom stereocenters. The van der Waals surface area contributed by atoms with Crippen LogP contribution in [0.5, 0.6) is 0 Å². The summed E-state index contributed by atoms with van der Waals surface area (Å²) in [6.07, 6.45) is 2.30. The molecule has 1 amide bonds. The fourth-order valence-electron chi connectivity index (χ4n) is 1.62. The van der Waals surface area contributed by atoms with Gasteiger partial charge in [0.1, 0.15) is 0 Å². The first-order chi connectivity index (χ1) is 6.70. The predicted molar refractivity (Wildman–Crippen MR) is 58.4 cm³/mol. The van der Waals surface area contributed by atoms with Gasteiger partial charge in [0, 0.05) is 11.1 Å². The van der Waals surface area contributed by atoms with Gasteiger partial charge in [-0.3, -0.25) is 9.79 Å². The summed E-state index contributed by atoms with van der Waals surface area (Å²) in [5.41, 5.74) is 6.96. The van der Waals surface area contributed by atoms with Crippen molar-refractivity contribution in [2.45, 2.75) is 17.2 Å². The van der Waals surface area contributed by atoms with E-state index in [1.165, 1.54) is 0 Å². The Bertz CT molecular complexity index is 415. The van der Waals surface area contributed by atoms with Crippen LogP contribution in [0.25, 0.3) is 0 Å². The predicted octanol–water partition coefficient (Wildman–Crippen LogP) is 1.65. The van der Waals surface area contributed by atoms with E-state index < -0.39 is 0 Å². The number of primary amides is 1. The van der Waals surface area contributed by atoms with Crippen molar-refractivity contribution < 1.29 is 4.79 Å². The summed E-state index contributed by atoms with van der Waals surface area (Å²) in [7, 11) is 0. The number of thiol groups is 1. The highest BCUT2D eigenvalue weighted by molar-refractivity contribution is 7.80. The SMILES string of the molecule is NC(=O)C1CC=Nc2c(S)cccc21. The maximum Gasteiger partial charge on any atom is 0.225 e. The lowest BCUT2D eigenvalue weighted by Crippen LogP contribution is -2.23. The topological polar surface area (TPSA) is 55.5 Å². The van der Waals surface area contributed by atoms with Gasteiger partial charge in [-0.1, -0.05) is 12.1 Å². The van der Waals surface area contributed by atoms with Crippen LogP contribution in [-0.4, -0.2) is 12.1 Å². The van der Waals surface area contributed by atoms with Crippen LogP contribution in [0.15, 0.2) is 28.1 Å². The summed E-state index contributed by atoms with van der Waals surface area (Å²) in [5.74, 6) is -0.564. The molecule has 2 rings (SSSR count). The van der Waals surface area contributed by atoms with E-state index in [1.807, 2.05) is 18.2 Å². The number of para-hydroxylation sites is 1. The maximum atomic E-state index is 11.2. The molecule has 72 valence electrons. The van der Waals surface area contributed by atoms with E-state index in [0.717, 1.165) is 16.1 Å². The lowest BCUT2D eigenvalue weighted by atomic mass is 9.92. The van der Waals surface area contributed by atoms with Crippen LogP contribution in [-0.2, 0) is 4.79 Å². The number of carbonyl (C=O) groups is 1. The van der Waals surface area contributed by atoms with Crippen LogP contribution in [0.4, 0.5) is 5.69 Å². The number of amides is 1. The standard InChI is InChI=1S/C10H10N2OS/c11-10(13)7-4-5-12-9-6(7)2-1-3-8(9)14/h1-3,5,7,14H,4H2,(H2,11,13). The molecule has 0 saturated heterocycles. The van der Waals surface area contributed by atoms with E-state index in [4.69, 9.17) is 5.73 Å². The molecule has 2 N–H and O–H groups in total. The third-order valence-electron chi connectivity index (χ3n) is 2.33. The number of carbonyl (C=O) groups excluding carboxylic acids is 1. The molecule has 4 heteroatoms. The van der Waals surface area contributed by atoms with Crippen LogP contribution in [0, 0.1) is 0 Å². The highest BCUT2D eigenvalue weighted by Gasteiger charge is 2.23. The van der Waals surface area contributed by atoms with Crippen LogP contribution in [0.1, 0.15) is 17.9 Å². The summed E-state index contributed by atoms with van der Waals surface area (Å²) in [5, 5.41) is 0. The zero-order valence-electron chi connectivity index (χ0n) is 7.47. The molecule has 0 aromatic heterocycles. The Morgan fingerprint density at radius 1 is 1.57 bits per heavy atom. The Balaban J connectivity index is 2.56. The minimum absolute atomic E-state index is 0.255. The number of hydrogen-bond donors (Lipinski definition) is 2. The minimum atomic E-state index is -0.309. The average molecular weight is 206 g/mol. The molecule has 14 heavy (non-hydrogen) atoms. The van der Waals surface area contributed by atoms with Gasteiger partial charge in [-0.25, -0.2) is 0 Å². The van der Waals surface area contributed by atoms with E-state index in [2.05, 4.69) is 17.6 Å². The molecule has 1 aliphatic rings. The van der Waals surface area contributed by atoms with Crippen LogP contribution in [0.2, 0.25) is 0 Å². The first-order valence-corrected chi connectivity index (χ1v) is 4.78. The summed E-state index contributed by atoms with van der Waals surface area (Å²) in [4.78, 5) is 16.2. The lowest BCUT2D eigenvalue weighted by Gasteiger charge is -2.18. The van der Waals surface area contributed by atoms with E-state index in [-0.39, 0.29) is 11.8 Å². The fourth-order valence-corrected chi connectivity index (χ4v) is 1.89. The number of aliphatic imine (C=N–C) groups is 1. The number of fused-ring (bicyclic) bond motifs is 1. The van der Waals surface area contributed by atoms with Gasteiger partial charge in [0.2, 0.25) is 5.91 Å². The van der Waals surface area contributed by atoms with Crippen molar-refractivity contribution in [2.75, 3.05) is 0 Å². The molecule has 0 bridgehead atoms. The molecule has 1 aromatic rings. The molecule has 0 fully saturated rings. The lowest BCUT2D eigenvalue weighted by molar-refractivity contribution is -0.119. The van der Waals surface area contributed by atoms with Gasteiger partial charge in [0.25, 0.3) is 0 Å². The molecular formula is C10H10N2OS. The van der Waals surface area contributed by atoms with Gasteiger partial charge in [0.05, 0.1) is 11.6 Å². The van der Waals surface area contributed by atoms with Crippen molar-refractivity contribution in [3.05, 3.63) is 23.8 Å². The number of nitrogens with zero attached hydrogens (tertiary/aromatic N) is 1. The van der Waals surface area contributed by atoms with Gasteiger partial charge < -0.3 is 5.73 Å². The van der Waals surface area contributed by atoms with E-state index >= 15 is 0 Å². The van der Waals surface area contributed by atoms with Crippen molar-refractivity contribution in [1.82, 2.24) is 0 Å². The quantitative estimate of drug-likeness (QED) is 0.674. The first kappa shape index (κ1) is 9.27. The highest BCUT2D eigenvalue weighted by atomic mass is 32.1. The van der Waals surface area contributed by atoms with Crippen LogP contribution >= 0.6 is 12.6 Å². The van der Waals surface area contributed by atoms with Gasteiger partial charge in [-0.05, 0) is 18.1 Å². The molecule has 1 heterocycles. The Labute approximate surface area is 87.4 Å². The van der Waals surface area contributed by atoms with Crippen molar-refractivity contribution >= 4 is 30.4 Å². The molecular weight excluding hydrogens is 196 g/mol. The Morgan fingerprint density at radius 2 is 2.36 bits per heavy atom. The normalized spacial score (nSPS) is 19.1. The van der Waals surface area contributed by atoms with Gasteiger partial charge in [-0.15, -0.1) is 12.6 Å². The van der Waals surface area contributed by atoms with E-state index in [1.54, 1.807) is 6.21 Å². The monoisotopic (exact) mass is 206 g/mol. The van der Waals surface area contributed by atoms with Crippen molar-refractivity contribution in [2.24, 2.45) is 10.7 Å². The molecule has 1 atom stereocenters. The number of nitrogens with two attached hydrogens (primary N) is 1. The van der Waals surface area contributed by atoms with Crippen molar-refractivity contribution in [3.8, 4) is 0 Å². The van der Waals surface area contributed by atoms with E-state index in [0.29, 0.717) is 6.42 Å². The zero-order valence-corrected chi connectivity index (χ0v) is 8.37. The van der Waals surface area contributed by atoms with E-state index in [9.17, 15) is 4.79 Å². The third-order valence-corrected chi connectivity index (χ3v) is 2.69. The fraction of sp³-hybridized carbons (Fsp3) is 0.200. The summed E-state index contributed by atoms with van der Waals surface area (Å²) >= 11 is 4.28. The first-order valence-electron chi connectivity index (χ1n) is 4.34. The molecule has 0 saturated carbocycles. The second-order valence-electron chi connectivity index (χ2n) is 3.22. The molecule has 0 radical (unpaired) electrons. The second-order valence-corrected chi connectivity index (χ2v) is 3.70. The Kier molecular flexibility index (Phi) is 2.29. The van der Waals surface area contributed by atoms with Crippen molar-refractivity contribution in [3.63, 3.8) is 0 Å². The molecule has 0 aliphatic carbocycles. The summed E-state index contributed by atoms with van der Waals surface area (Å²) in [6.45, 7) is 0. The van der Waals surface area contributed by atoms with Gasteiger partial charge in [0.15, 0.2) is 0 Å². The number of hydrogen-bond acceptors (Lipinski definition) is 3. The second kappa shape index (κ2) is 3.46. The molecule has 0 spiro atoms. The van der Waals surface area contributed by atoms with Gasteiger partial charge >= 0.3 is 0 Å². The smallest absolute Gasteiger partial charge is 0.225 e. The van der Waals surface area contributed by atoms with Gasteiger partial charge in [-0.2, -0.15) is 0 Å². The molecule has 1 aromatic carbocycles. The minimum Gasteiger partial charge on any atom is -0.369 e. The highest BCUT2D eigenvalue weighted by Crippen LogP contribution is 2.36. The van der Waals surface area contributed by atoms with Crippen LogP contribution < -0.4 is 5.73 Å². The summed E-state index contributed by atoms with van der Waals surface area (Å²) in [6, 6.07) is 5.58. The van der Waals surface area contributed by atoms with Crippen LogP contribution in [0.3, 0.4) is 0 Å². The zero-order chi connectivity index (χ0) is 10.1. The van der Waals surface area contributed by atoms with Crippen molar-refractivity contribution in [1.29, 1.82) is 0 Å². The largest absolute Gasteiger partial charge is 0.369 e. The number of benzene rings is 1. The molecule has 3 nitrogen and oxygen atoms in total.